The van der Waals surface area contributed by atoms with Gasteiger partial charge in [-0.15, -0.1) is 0 Å². The summed E-state index contributed by atoms with van der Waals surface area (Å²) < 4.78 is 16.2. The molecule has 0 bridgehead atoms. The molecule has 1 heterocycles. The highest BCUT2D eigenvalue weighted by molar-refractivity contribution is 5.79. The Kier molecular flexibility index (Phi) is 3.92. The predicted molar refractivity (Wildman–Crippen MR) is 86.6 cm³/mol. The molecule has 0 aliphatic heterocycles. The van der Waals surface area contributed by atoms with Crippen molar-refractivity contribution in [2.24, 2.45) is 12.8 Å². The second-order valence-electron chi connectivity index (χ2n) is 5.26. The van der Waals surface area contributed by atoms with Gasteiger partial charge in [0.1, 0.15) is 5.82 Å². The van der Waals surface area contributed by atoms with Gasteiger partial charge in [-0.2, -0.15) is 5.26 Å². The Morgan fingerprint density at radius 3 is 2.57 bits per heavy atom. The summed E-state index contributed by atoms with van der Waals surface area (Å²) in [6.45, 7) is 0.294. The lowest BCUT2D eigenvalue weighted by Gasteiger charge is -2.08. The molecule has 2 aromatic carbocycles. The lowest BCUT2D eigenvalue weighted by Crippen LogP contribution is -1.98. The zero-order valence-electron chi connectivity index (χ0n) is 12.6. The van der Waals surface area contributed by atoms with Gasteiger partial charge in [0.05, 0.1) is 29.3 Å². The number of aromatic nitrogens is 2. The molecular weight excluding hydrogens is 291 g/mol. The normalized spacial score (nSPS) is 10.5. The Balaban J connectivity index is 2.13. The van der Waals surface area contributed by atoms with Crippen LogP contribution in [0.1, 0.15) is 11.1 Å². The van der Waals surface area contributed by atoms with Crippen molar-refractivity contribution in [3.05, 3.63) is 65.7 Å². The van der Waals surface area contributed by atoms with Crippen LogP contribution in [0.3, 0.4) is 0 Å². The van der Waals surface area contributed by atoms with Gasteiger partial charge in [-0.1, -0.05) is 18.2 Å². The van der Waals surface area contributed by atoms with Gasteiger partial charge >= 0.3 is 0 Å². The summed E-state index contributed by atoms with van der Waals surface area (Å²) >= 11 is 0. The van der Waals surface area contributed by atoms with Crippen LogP contribution in [0.5, 0.6) is 0 Å². The van der Waals surface area contributed by atoms with E-state index in [4.69, 9.17) is 11.0 Å². The molecule has 0 aliphatic carbocycles. The summed E-state index contributed by atoms with van der Waals surface area (Å²) in [6.07, 6.45) is 1.65. The van der Waals surface area contributed by atoms with Crippen molar-refractivity contribution in [3.8, 4) is 28.6 Å². The van der Waals surface area contributed by atoms with Crippen LogP contribution in [0, 0.1) is 17.1 Å². The summed E-state index contributed by atoms with van der Waals surface area (Å²) in [7, 11) is 1.86. The molecule has 2 N–H and O–H groups in total. The van der Waals surface area contributed by atoms with E-state index in [2.05, 4.69) is 11.1 Å². The number of nitrogens with zero attached hydrogens (tertiary/aromatic N) is 3. The molecule has 0 saturated heterocycles. The van der Waals surface area contributed by atoms with Gasteiger partial charge in [0.25, 0.3) is 0 Å². The van der Waals surface area contributed by atoms with Crippen LogP contribution < -0.4 is 5.73 Å². The van der Waals surface area contributed by atoms with E-state index in [1.807, 2.05) is 23.7 Å². The lowest BCUT2D eigenvalue weighted by molar-refractivity contribution is 0.628. The van der Waals surface area contributed by atoms with Gasteiger partial charge in [-0.05, 0) is 29.8 Å². The van der Waals surface area contributed by atoms with E-state index >= 15 is 0 Å². The SMILES string of the molecule is Cn1cnc(-c2ccc(CN)cc2F)c1-c1ccc(C#N)cc1. The standard InChI is InChI=1S/C18H15FN4/c1-23-11-22-17(15-7-4-13(10-21)8-16(15)19)18(23)14-5-2-12(9-20)3-6-14/h2-8,11H,10,21H2,1H3. The third-order valence-electron chi connectivity index (χ3n) is 3.75. The van der Waals surface area contributed by atoms with Gasteiger partial charge in [0, 0.05) is 24.7 Å². The monoisotopic (exact) mass is 306 g/mol. The van der Waals surface area contributed by atoms with Gasteiger partial charge < -0.3 is 10.3 Å². The third-order valence-corrected chi connectivity index (χ3v) is 3.75. The van der Waals surface area contributed by atoms with Crippen LogP contribution >= 0.6 is 0 Å². The Hall–Kier alpha value is -2.97. The molecular formula is C18H15FN4. The topological polar surface area (TPSA) is 67.6 Å². The van der Waals surface area contributed by atoms with E-state index < -0.39 is 0 Å². The fraction of sp³-hybridized carbons (Fsp3) is 0.111. The first-order valence-electron chi connectivity index (χ1n) is 7.14. The number of imidazole rings is 1. The lowest BCUT2D eigenvalue weighted by atomic mass is 10.0. The van der Waals surface area contributed by atoms with E-state index in [0.29, 0.717) is 23.4 Å². The summed E-state index contributed by atoms with van der Waals surface area (Å²) in [4.78, 5) is 4.35. The molecule has 114 valence electrons. The van der Waals surface area contributed by atoms with Crippen LogP contribution in [0.25, 0.3) is 22.5 Å². The molecule has 0 spiro atoms. The number of aryl methyl sites for hydroxylation is 1. The Morgan fingerprint density at radius 2 is 1.96 bits per heavy atom. The average Bonchev–Trinajstić information content (AvgIpc) is 2.96. The second-order valence-corrected chi connectivity index (χ2v) is 5.26. The Bertz CT molecular complexity index is 888. The molecule has 1 aromatic heterocycles. The summed E-state index contributed by atoms with van der Waals surface area (Å²) in [6, 6.07) is 14.2. The number of nitrogens with two attached hydrogens (primary N) is 1. The number of hydrogen-bond acceptors (Lipinski definition) is 3. The molecule has 3 aromatic rings. The maximum absolute atomic E-state index is 14.4. The summed E-state index contributed by atoms with van der Waals surface area (Å²) in [5, 5.41) is 8.90. The Morgan fingerprint density at radius 1 is 1.22 bits per heavy atom. The molecule has 3 rings (SSSR count). The first kappa shape index (κ1) is 14.9. The second kappa shape index (κ2) is 6.03. The fourth-order valence-corrected chi connectivity index (χ4v) is 2.55. The van der Waals surface area contributed by atoms with Gasteiger partial charge in [0.15, 0.2) is 0 Å². The molecule has 0 aliphatic rings. The van der Waals surface area contributed by atoms with Crippen LogP contribution in [-0.2, 0) is 13.6 Å². The molecule has 0 amide bonds. The van der Waals surface area contributed by atoms with Crippen molar-refractivity contribution < 1.29 is 4.39 Å². The van der Waals surface area contributed by atoms with E-state index in [-0.39, 0.29) is 5.82 Å². The van der Waals surface area contributed by atoms with Crippen LogP contribution in [-0.4, -0.2) is 9.55 Å². The van der Waals surface area contributed by atoms with Crippen LogP contribution in [0.15, 0.2) is 48.8 Å². The van der Waals surface area contributed by atoms with Gasteiger partial charge in [0.2, 0.25) is 0 Å². The van der Waals surface area contributed by atoms with E-state index in [1.54, 1.807) is 30.6 Å². The number of nitriles is 1. The molecule has 4 nitrogen and oxygen atoms in total. The number of rotatable bonds is 3. The van der Waals surface area contributed by atoms with E-state index in [9.17, 15) is 4.39 Å². The van der Waals surface area contributed by atoms with Gasteiger partial charge in [-0.25, -0.2) is 9.37 Å². The minimum Gasteiger partial charge on any atom is -0.333 e. The molecule has 0 radical (unpaired) electrons. The molecule has 5 heteroatoms. The summed E-state index contributed by atoms with van der Waals surface area (Å²) in [5.74, 6) is -0.346. The molecule has 0 unspecified atom stereocenters. The van der Waals surface area contributed by atoms with Crippen molar-refractivity contribution in [2.75, 3.05) is 0 Å². The highest BCUT2D eigenvalue weighted by Crippen LogP contribution is 2.32. The van der Waals surface area contributed by atoms with Crippen LogP contribution in [0.4, 0.5) is 4.39 Å². The number of benzene rings is 2. The first-order chi connectivity index (χ1) is 11.1. The third kappa shape index (κ3) is 2.72. The highest BCUT2D eigenvalue weighted by atomic mass is 19.1. The number of halogens is 1. The van der Waals surface area contributed by atoms with Crippen molar-refractivity contribution in [3.63, 3.8) is 0 Å². The van der Waals surface area contributed by atoms with Crippen molar-refractivity contribution in [1.82, 2.24) is 9.55 Å². The Labute approximate surface area is 133 Å². The fourth-order valence-electron chi connectivity index (χ4n) is 2.55. The van der Waals surface area contributed by atoms with Gasteiger partial charge in [-0.3, -0.25) is 0 Å². The minimum atomic E-state index is -0.346. The van der Waals surface area contributed by atoms with Crippen molar-refractivity contribution in [1.29, 1.82) is 5.26 Å². The maximum atomic E-state index is 14.4. The van der Waals surface area contributed by atoms with Crippen LogP contribution in [0.2, 0.25) is 0 Å². The molecule has 0 saturated carbocycles. The first-order valence-corrected chi connectivity index (χ1v) is 7.14. The van der Waals surface area contributed by atoms with E-state index in [1.165, 1.54) is 6.07 Å². The quantitative estimate of drug-likeness (QED) is 0.808. The van der Waals surface area contributed by atoms with Crippen molar-refractivity contribution >= 4 is 0 Å². The molecule has 23 heavy (non-hydrogen) atoms. The maximum Gasteiger partial charge on any atom is 0.132 e. The predicted octanol–water partition coefficient (Wildman–Crippen LogP) is 3.22. The highest BCUT2D eigenvalue weighted by Gasteiger charge is 2.16. The van der Waals surface area contributed by atoms with Crippen molar-refractivity contribution in [2.45, 2.75) is 6.54 Å². The van der Waals surface area contributed by atoms with E-state index in [0.717, 1.165) is 16.8 Å². The zero-order valence-corrected chi connectivity index (χ0v) is 12.6. The number of hydrogen-bond donors (Lipinski definition) is 1. The largest absolute Gasteiger partial charge is 0.333 e. The average molecular weight is 306 g/mol. The smallest absolute Gasteiger partial charge is 0.132 e. The molecule has 0 fully saturated rings. The minimum absolute atomic E-state index is 0.294. The zero-order chi connectivity index (χ0) is 16.4. The summed E-state index contributed by atoms with van der Waals surface area (Å²) in [5.41, 5.74) is 9.54. The molecule has 0 atom stereocenters.